The molecule has 1 saturated carbocycles. The first-order valence-electron chi connectivity index (χ1n) is 8.85. The largest absolute Gasteiger partial charge is 0.393 e. The summed E-state index contributed by atoms with van der Waals surface area (Å²) in [4.78, 5) is 17.0. The molecule has 4 heteroatoms. The van der Waals surface area contributed by atoms with Crippen molar-refractivity contribution in [2.75, 3.05) is 25.0 Å². The fourth-order valence-corrected chi connectivity index (χ4v) is 3.93. The van der Waals surface area contributed by atoms with E-state index in [-0.39, 0.29) is 18.1 Å². The number of benzene rings is 1. The number of rotatable bonds is 4. The van der Waals surface area contributed by atoms with Gasteiger partial charge < -0.3 is 10.0 Å². The summed E-state index contributed by atoms with van der Waals surface area (Å²) in [6.07, 6.45) is 4.95. The van der Waals surface area contributed by atoms with Crippen LogP contribution in [0.25, 0.3) is 0 Å². The maximum absolute atomic E-state index is 13.0. The molecular formula is C19H28N2O2. The van der Waals surface area contributed by atoms with Crippen LogP contribution in [0.5, 0.6) is 0 Å². The predicted molar refractivity (Wildman–Crippen MR) is 92.6 cm³/mol. The number of carbonyl (C=O) groups is 1. The van der Waals surface area contributed by atoms with Crippen LogP contribution in [0.15, 0.2) is 24.3 Å². The van der Waals surface area contributed by atoms with Gasteiger partial charge in [-0.15, -0.1) is 0 Å². The molecule has 3 atom stereocenters. The second-order valence-electron chi connectivity index (χ2n) is 7.10. The van der Waals surface area contributed by atoms with E-state index in [0.29, 0.717) is 5.92 Å². The highest BCUT2D eigenvalue weighted by Gasteiger charge is 2.32. The molecule has 1 aliphatic heterocycles. The van der Waals surface area contributed by atoms with Crippen molar-refractivity contribution >= 4 is 11.6 Å². The Balaban J connectivity index is 1.68. The minimum absolute atomic E-state index is 0.158. The van der Waals surface area contributed by atoms with E-state index in [2.05, 4.69) is 17.0 Å². The summed E-state index contributed by atoms with van der Waals surface area (Å²) in [6, 6.07) is 8.07. The highest BCUT2D eigenvalue weighted by Crippen LogP contribution is 2.29. The van der Waals surface area contributed by atoms with Crippen molar-refractivity contribution < 1.29 is 9.90 Å². The molecule has 126 valence electrons. The molecule has 1 aliphatic carbocycles. The van der Waals surface area contributed by atoms with E-state index in [1.165, 1.54) is 5.56 Å². The first-order chi connectivity index (χ1) is 11.1. The third-order valence-electron chi connectivity index (χ3n) is 5.54. The van der Waals surface area contributed by atoms with Crippen molar-refractivity contribution in [3.8, 4) is 0 Å². The van der Waals surface area contributed by atoms with Gasteiger partial charge in [-0.25, -0.2) is 0 Å². The lowest BCUT2D eigenvalue weighted by Gasteiger charge is -2.35. The summed E-state index contributed by atoms with van der Waals surface area (Å²) < 4.78 is 0. The number of aryl methyl sites for hydroxylation is 1. The second-order valence-corrected chi connectivity index (χ2v) is 7.10. The van der Waals surface area contributed by atoms with Crippen molar-refractivity contribution in [1.82, 2.24) is 4.90 Å². The first-order valence-corrected chi connectivity index (χ1v) is 8.85. The van der Waals surface area contributed by atoms with Gasteiger partial charge in [0.25, 0.3) is 0 Å². The predicted octanol–water partition coefficient (Wildman–Crippen LogP) is 2.45. The standard InChI is InChI=1S/C19H28N2O2/c1-14(20(2)13-16-8-5-11-18(16)22)19(23)21-12-6-9-15-7-3-4-10-17(15)21/h3-4,7,10,14,16,18,22H,5-6,8-9,11-13H2,1-2H3. The minimum atomic E-state index is -0.199. The monoisotopic (exact) mass is 316 g/mol. The summed E-state index contributed by atoms with van der Waals surface area (Å²) in [7, 11) is 2.00. The zero-order chi connectivity index (χ0) is 16.4. The third kappa shape index (κ3) is 3.43. The molecule has 1 N–H and O–H groups in total. The van der Waals surface area contributed by atoms with Crippen LogP contribution < -0.4 is 4.90 Å². The third-order valence-corrected chi connectivity index (χ3v) is 5.54. The Labute approximate surface area is 139 Å². The second kappa shape index (κ2) is 7.02. The average Bonchev–Trinajstić information content (AvgIpc) is 2.97. The van der Waals surface area contributed by atoms with E-state index in [1.807, 2.05) is 31.0 Å². The maximum atomic E-state index is 13.0. The van der Waals surface area contributed by atoms with E-state index in [4.69, 9.17) is 0 Å². The van der Waals surface area contributed by atoms with Crippen molar-refractivity contribution in [1.29, 1.82) is 0 Å². The van der Waals surface area contributed by atoms with Crippen LogP contribution in [-0.2, 0) is 11.2 Å². The quantitative estimate of drug-likeness (QED) is 0.928. The number of amides is 1. The lowest BCUT2D eigenvalue weighted by Crippen LogP contribution is -2.49. The molecule has 3 rings (SSSR count). The summed E-state index contributed by atoms with van der Waals surface area (Å²) in [5, 5.41) is 10.0. The lowest BCUT2D eigenvalue weighted by atomic mass is 10.0. The normalized spacial score (nSPS) is 25.5. The first kappa shape index (κ1) is 16.5. The van der Waals surface area contributed by atoms with Gasteiger partial charge in [-0.05, 0) is 57.2 Å². The van der Waals surface area contributed by atoms with E-state index in [9.17, 15) is 9.90 Å². The number of likely N-dealkylation sites (N-methyl/N-ethyl adjacent to an activating group) is 1. The molecule has 2 aliphatic rings. The van der Waals surface area contributed by atoms with Gasteiger partial charge in [0.2, 0.25) is 5.91 Å². The van der Waals surface area contributed by atoms with Gasteiger partial charge in [0, 0.05) is 18.8 Å². The summed E-state index contributed by atoms with van der Waals surface area (Å²) in [5.41, 5.74) is 2.35. The van der Waals surface area contributed by atoms with E-state index >= 15 is 0 Å². The Kier molecular flexibility index (Phi) is 5.02. The number of fused-ring (bicyclic) bond motifs is 1. The van der Waals surface area contributed by atoms with E-state index in [0.717, 1.165) is 50.9 Å². The van der Waals surface area contributed by atoms with E-state index < -0.39 is 0 Å². The molecule has 1 aromatic carbocycles. The smallest absolute Gasteiger partial charge is 0.244 e. The highest BCUT2D eigenvalue weighted by atomic mass is 16.3. The Hall–Kier alpha value is -1.39. The molecule has 23 heavy (non-hydrogen) atoms. The van der Waals surface area contributed by atoms with Gasteiger partial charge in [0.15, 0.2) is 0 Å². The minimum Gasteiger partial charge on any atom is -0.393 e. The summed E-state index contributed by atoms with van der Waals surface area (Å²) in [5.74, 6) is 0.482. The topological polar surface area (TPSA) is 43.8 Å². The van der Waals surface area contributed by atoms with Gasteiger partial charge >= 0.3 is 0 Å². The molecule has 3 unspecified atom stereocenters. The Morgan fingerprint density at radius 3 is 2.87 bits per heavy atom. The molecule has 0 radical (unpaired) electrons. The number of hydrogen-bond donors (Lipinski definition) is 1. The van der Waals surface area contributed by atoms with Crippen molar-refractivity contribution in [3.63, 3.8) is 0 Å². The van der Waals surface area contributed by atoms with Crippen molar-refractivity contribution in [2.24, 2.45) is 5.92 Å². The number of para-hydroxylation sites is 1. The number of nitrogens with zero attached hydrogens (tertiary/aromatic N) is 2. The average molecular weight is 316 g/mol. The van der Waals surface area contributed by atoms with Crippen LogP contribution in [0, 0.1) is 5.92 Å². The molecule has 1 aromatic rings. The zero-order valence-electron chi connectivity index (χ0n) is 14.2. The summed E-state index contributed by atoms with van der Waals surface area (Å²) in [6.45, 7) is 3.59. The molecule has 0 aromatic heterocycles. The number of aliphatic hydroxyl groups is 1. The number of hydrogen-bond acceptors (Lipinski definition) is 3. The van der Waals surface area contributed by atoms with Gasteiger partial charge in [-0.1, -0.05) is 24.6 Å². The molecule has 0 bridgehead atoms. The fourth-order valence-electron chi connectivity index (χ4n) is 3.93. The van der Waals surface area contributed by atoms with Crippen molar-refractivity contribution in [3.05, 3.63) is 29.8 Å². The van der Waals surface area contributed by atoms with Gasteiger partial charge in [-0.3, -0.25) is 9.69 Å². The molecular weight excluding hydrogens is 288 g/mol. The molecule has 1 heterocycles. The Morgan fingerprint density at radius 2 is 2.13 bits per heavy atom. The van der Waals surface area contributed by atoms with Crippen molar-refractivity contribution in [2.45, 2.75) is 51.2 Å². The highest BCUT2D eigenvalue weighted by molar-refractivity contribution is 5.97. The molecule has 1 fully saturated rings. The summed E-state index contributed by atoms with van der Waals surface area (Å²) >= 11 is 0. The van der Waals surface area contributed by atoms with Gasteiger partial charge in [0.1, 0.15) is 0 Å². The molecule has 0 spiro atoms. The van der Waals surface area contributed by atoms with Gasteiger partial charge in [-0.2, -0.15) is 0 Å². The van der Waals surface area contributed by atoms with E-state index in [1.54, 1.807) is 0 Å². The number of aliphatic hydroxyl groups excluding tert-OH is 1. The number of carbonyl (C=O) groups excluding carboxylic acids is 1. The SMILES string of the molecule is CC(C(=O)N1CCCc2ccccc21)N(C)CC1CCCC1O. The molecule has 0 saturated heterocycles. The van der Waals surface area contributed by atoms with Crippen LogP contribution in [0.3, 0.4) is 0 Å². The Bertz CT molecular complexity index is 560. The van der Waals surface area contributed by atoms with Crippen LogP contribution >= 0.6 is 0 Å². The van der Waals surface area contributed by atoms with Crippen LogP contribution in [0.1, 0.15) is 38.2 Å². The fraction of sp³-hybridized carbons (Fsp3) is 0.632. The van der Waals surface area contributed by atoms with Crippen LogP contribution in [-0.4, -0.2) is 48.2 Å². The number of anilines is 1. The van der Waals surface area contributed by atoms with Crippen LogP contribution in [0.2, 0.25) is 0 Å². The van der Waals surface area contributed by atoms with Gasteiger partial charge in [0.05, 0.1) is 12.1 Å². The van der Waals surface area contributed by atoms with Crippen LogP contribution in [0.4, 0.5) is 5.69 Å². The lowest BCUT2D eigenvalue weighted by molar-refractivity contribution is -0.123. The maximum Gasteiger partial charge on any atom is 0.244 e. The molecule has 4 nitrogen and oxygen atoms in total. The zero-order valence-corrected chi connectivity index (χ0v) is 14.2. The Morgan fingerprint density at radius 1 is 1.35 bits per heavy atom. The molecule has 1 amide bonds.